The van der Waals surface area contributed by atoms with Crippen molar-refractivity contribution in [2.75, 3.05) is 34.5 Å². The van der Waals surface area contributed by atoms with Gasteiger partial charge in [0.25, 0.3) is 0 Å². The van der Waals surface area contributed by atoms with Crippen LogP contribution < -0.4 is 18.9 Å². The van der Waals surface area contributed by atoms with Crippen LogP contribution in [-0.4, -0.2) is 56.5 Å². The van der Waals surface area contributed by atoms with E-state index < -0.39 is 12.0 Å². The van der Waals surface area contributed by atoms with Crippen LogP contribution in [0.15, 0.2) is 36.4 Å². The number of carboxylic acids is 1. The molecule has 7 nitrogen and oxygen atoms in total. The maximum atomic E-state index is 12.0. The Morgan fingerprint density at radius 3 is 2.50 bits per heavy atom. The Labute approximate surface area is 177 Å². The third-order valence-corrected chi connectivity index (χ3v) is 5.44. The summed E-state index contributed by atoms with van der Waals surface area (Å²) in [5, 5.41) is 9.83. The van der Waals surface area contributed by atoms with Gasteiger partial charge in [-0.15, -0.1) is 0 Å². The monoisotopic (exact) mass is 415 g/mol. The van der Waals surface area contributed by atoms with Gasteiger partial charge in [-0.1, -0.05) is 18.2 Å². The number of carbonyl (C=O) groups is 1. The lowest BCUT2D eigenvalue weighted by Crippen LogP contribution is -2.39. The molecule has 7 heteroatoms. The summed E-state index contributed by atoms with van der Waals surface area (Å²) in [6, 6.07) is 10.5. The molecule has 3 rings (SSSR count). The van der Waals surface area contributed by atoms with E-state index in [9.17, 15) is 9.90 Å². The Bertz CT molecular complexity index is 884. The number of rotatable bonds is 9. The maximum Gasteiger partial charge on any atom is 0.320 e. The third-order valence-electron chi connectivity index (χ3n) is 5.44. The molecule has 162 valence electrons. The minimum absolute atomic E-state index is 0.344. The van der Waals surface area contributed by atoms with Crippen molar-refractivity contribution >= 4 is 5.97 Å². The minimum Gasteiger partial charge on any atom is -0.493 e. The number of nitrogens with zero attached hydrogens (tertiary/aromatic N) is 1. The first-order valence-corrected chi connectivity index (χ1v) is 10.1. The summed E-state index contributed by atoms with van der Waals surface area (Å²) in [5.41, 5.74) is 1.75. The lowest BCUT2D eigenvalue weighted by Gasteiger charge is -2.33. The molecule has 0 aromatic heterocycles. The molecule has 2 aromatic carbocycles. The van der Waals surface area contributed by atoms with E-state index in [1.165, 1.54) is 0 Å². The molecular weight excluding hydrogens is 386 g/mol. The zero-order valence-electron chi connectivity index (χ0n) is 17.9. The summed E-state index contributed by atoms with van der Waals surface area (Å²) >= 11 is 0. The summed E-state index contributed by atoms with van der Waals surface area (Å²) < 4.78 is 22.4. The Morgan fingerprint density at radius 1 is 1.10 bits per heavy atom. The van der Waals surface area contributed by atoms with Gasteiger partial charge < -0.3 is 24.1 Å². The number of ether oxygens (including phenoxy) is 4. The molecule has 0 aliphatic carbocycles. The number of para-hydroxylation sites is 1. The van der Waals surface area contributed by atoms with Crippen molar-refractivity contribution in [2.24, 2.45) is 0 Å². The zero-order valence-corrected chi connectivity index (χ0v) is 17.9. The molecule has 1 saturated heterocycles. The highest BCUT2D eigenvalue weighted by Crippen LogP contribution is 2.44. The number of likely N-dealkylation sites (tertiary alicyclic amines) is 1. The SMILES string of the molecule is CCOc1cc(C(c2cccc(OC)c2OC)N2CCCC2C(=O)O)ccc1OC. The van der Waals surface area contributed by atoms with E-state index >= 15 is 0 Å². The minimum atomic E-state index is -0.821. The van der Waals surface area contributed by atoms with Crippen LogP contribution in [0, 0.1) is 0 Å². The molecule has 0 amide bonds. The highest BCUT2D eigenvalue weighted by Gasteiger charge is 2.38. The molecule has 0 bridgehead atoms. The highest BCUT2D eigenvalue weighted by atomic mass is 16.5. The smallest absolute Gasteiger partial charge is 0.320 e. The first kappa shape index (κ1) is 21.8. The number of carboxylic acid groups (broad SMARTS) is 1. The Kier molecular flexibility index (Phi) is 7.05. The Hall–Kier alpha value is -2.93. The molecule has 1 aliphatic rings. The third kappa shape index (κ3) is 4.16. The van der Waals surface area contributed by atoms with Gasteiger partial charge in [-0.25, -0.2) is 0 Å². The van der Waals surface area contributed by atoms with Crippen molar-refractivity contribution in [3.05, 3.63) is 47.5 Å². The first-order valence-electron chi connectivity index (χ1n) is 10.1. The van der Waals surface area contributed by atoms with Gasteiger partial charge in [-0.3, -0.25) is 9.69 Å². The normalized spacial score (nSPS) is 17.4. The summed E-state index contributed by atoms with van der Waals surface area (Å²) in [6.45, 7) is 3.07. The van der Waals surface area contributed by atoms with Crippen LogP contribution in [-0.2, 0) is 4.79 Å². The van der Waals surface area contributed by atoms with E-state index in [-0.39, 0.29) is 6.04 Å². The standard InChI is InChI=1S/C23H29NO6/c1-5-30-20-14-15(11-12-18(20)27-2)21(24-13-7-9-17(24)23(25)26)16-8-6-10-19(28-3)22(16)29-4/h6,8,10-12,14,17,21H,5,7,9,13H2,1-4H3,(H,25,26). The largest absolute Gasteiger partial charge is 0.493 e. The topological polar surface area (TPSA) is 77.5 Å². The lowest BCUT2D eigenvalue weighted by atomic mass is 9.94. The Balaban J connectivity index is 2.19. The number of hydrogen-bond acceptors (Lipinski definition) is 6. The maximum absolute atomic E-state index is 12.0. The van der Waals surface area contributed by atoms with Gasteiger partial charge in [0.05, 0.1) is 34.0 Å². The molecule has 1 fully saturated rings. The van der Waals surface area contributed by atoms with E-state index in [1.54, 1.807) is 21.3 Å². The van der Waals surface area contributed by atoms with E-state index in [0.29, 0.717) is 42.6 Å². The number of hydrogen-bond donors (Lipinski definition) is 1. The summed E-state index contributed by atoms with van der Waals surface area (Å²) in [4.78, 5) is 14.0. The van der Waals surface area contributed by atoms with Crippen LogP contribution in [0.25, 0.3) is 0 Å². The fourth-order valence-corrected chi connectivity index (χ4v) is 4.17. The van der Waals surface area contributed by atoms with Crippen LogP contribution in [0.2, 0.25) is 0 Å². The van der Waals surface area contributed by atoms with Crippen molar-refractivity contribution in [1.29, 1.82) is 0 Å². The average Bonchev–Trinajstić information content (AvgIpc) is 3.24. The molecule has 2 aromatic rings. The second-order valence-corrected chi connectivity index (χ2v) is 7.06. The van der Waals surface area contributed by atoms with Gasteiger partial charge in [-0.2, -0.15) is 0 Å². The Morgan fingerprint density at radius 2 is 1.87 bits per heavy atom. The first-order chi connectivity index (χ1) is 14.5. The fraction of sp³-hybridized carbons (Fsp3) is 0.435. The second-order valence-electron chi connectivity index (χ2n) is 7.06. The zero-order chi connectivity index (χ0) is 21.7. The molecule has 2 atom stereocenters. The van der Waals surface area contributed by atoms with E-state index in [4.69, 9.17) is 18.9 Å². The van der Waals surface area contributed by atoms with Gasteiger partial charge in [0.15, 0.2) is 23.0 Å². The molecule has 0 saturated carbocycles. The van der Waals surface area contributed by atoms with E-state index in [0.717, 1.165) is 17.5 Å². The molecule has 0 spiro atoms. The van der Waals surface area contributed by atoms with Crippen molar-refractivity contribution in [2.45, 2.75) is 31.8 Å². The predicted molar refractivity (Wildman–Crippen MR) is 113 cm³/mol. The van der Waals surface area contributed by atoms with Gasteiger partial charge >= 0.3 is 5.97 Å². The second kappa shape index (κ2) is 9.71. The number of benzene rings is 2. The lowest BCUT2D eigenvalue weighted by molar-refractivity contribution is -0.142. The number of methoxy groups -OCH3 is 3. The summed E-state index contributed by atoms with van der Waals surface area (Å²) in [5.74, 6) is 1.63. The van der Waals surface area contributed by atoms with Crippen molar-refractivity contribution in [1.82, 2.24) is 4.90 Å². The molecular formula is C23H29NO6. The molecule has 1 aliphatic heterocycles. The van der Waals surface area contributed by atoms with Crippen molar-refractivity contribution < 1.29 is 28.8 Å². The fourth-order valence-electron chi connectivity index (χ4n) is 4.17. The quantitative estimate of drug-likeness (QED) is 0.668. The van der Waals surface area contributed by atoms with E-state index in [1.807, 2.05) is 48.2 Å². The van der Waals surface area contributed by atoms with Gasteiger partial charge in [0.1, 0.15) is 6.04 Å². The van der Waals surface area contributed by atoms with Crippen molar-refractivity contribution in [3.8, 4) is 23.0 Å². The summed E-state index contributed by atoms with van der Waals surface area (Å²) in [7, 11) is 4.78. The number of aliphatic carboxylic acids is 1. The predicted octanol–water partition coefficient (Wildman–Crippen LogP) is 3.75. The molecule has 1 N–H and O–H groups in total. The van der Waals surface area contributed by atoms with Crippen LogP contribution >= 0.6 is 0 Å². The van der Waals surface area contributed by atoms with Crippen LogP contribution in [0.3, 0.4) is 0 Å². The van der Waals surface area contributed by atoms with E-state index in [2.05, 4.69) is 0 Å². The van der Waals surface area contributed by atoms with Gasteiger partial charge in [0.2, 0.25) is 0 Å². The van der Waals surface area contributed by atoms with Gasteiger partial charge in [0, 0.05) is 12.1 Å². The average molecular weight is 415 g/mol. The molecule has 1 heterocycles. The van der Waals surface area contributed by atoms with Gasteiger partial charge in [-0.05, 0) is 43.5 Å². The molecule has 30 heavy (non-hydrogen) atoms. The van der Waals surface area contributed by atoms with Crippen LogP contribution in [0.1, 0.15) is 36.9 Å². The van der Waals surface area contributed by atoms with Crippen molar-refractivity contribution in [3.63, 3.8) is 0 Å². The summed E-state index contributed by atoms with van der Waals surface area (Å²) in [6.07, 6.45) is 1.42. The highest BCUT2D eigenvalue weighted by molar-refractivity contribution is 5.74. The molecule has 0 radical (unpaired) electrons. The van der Waals surface area contributed by atoms with Crippen LogP contribution in [0.4, 0.5) is 0 Å². The van der Waals surface area contributed by atoms with Crippen LogP contribution in [0.5, 0.6) is 23.0 Å². The molecule has 2 unspecified atom stereocenters.